The topological polar surface area (TPSA) is 9.23 Å². The molecule has 2 aromatic rings. The van der Waals surface area contributed by atoms with Gasteiger partial charge in [-0.1, -0.05) is 35.9 Å². The van der Waals surface area contributed by atoms with Crippen LogP contribution in [0.5, 0.6) is 5.75 Å². The van der Waals surface area contributed by atoms with E-state index in [0.29, 0.717) is 6.61 Å². The number of ether oxygens (including phenoxy) is 1. The molecule has 17 heavy (non-hydrogen) atoms. The maximum atomic E-state index is 5.73. The lowest BCUT2D eigenvalue weighted by Gasteiger charge is -2.08. The van der Waals surface area contributed by atoms with Gasteiger partial charge >= 0.3 is 0 Å². The average Bonchev–Trinajstić information content (AvgIpc) is 2.32. The Balaban J connectivity index is 2.30. The van der Waals surface area contributed by atoms with E-state index in [1.165, 1.54) is 16.3 Å². The minimum Gasteiger partial charge on any atom is -0.488 e. The van der Waals surface area contributed by atoms with E-state index in [1.54, 1.807) is 0 Å². The molecule has 0 heterocycles. The third-order valence-corrected chi connectivity index (χ3v) is 3.38. The van der Waals surface area contributed by atoms with Crippen LogP contribution < -0.4 is 4.74 Å². The first kappa shape index (κ1) is 12.2. The minimum absolute atomic E-state index is 0.610. The first-order valence-corrected chi connectivity index (χ1v) is 6.41. The summed E-state index contributed by atoms with van der Waals surface area (Å²) in [6.07, 6.45) is 2.07. The Labute approximate surface area is 110 Å². The standard InChI is InChI=1S/C15H15BrO/c1-11(2)9-10-17-14-8-7-12-5-3-4-6-13(12)15(14)16/h3-9H,10H2,1-2H3. The quantitative estimate of drug-likeness (QED) is 0.727. The predicted octanol–water partition coefficient (Wildman–Crippen LogP) is 4.95. The Morgan fingerprint density at radius 2 is 1.94 bits per heavy atom. The van der Waals surface area contributed by atoms with E-state index >= 15 is 0 Å². The van der Waals surface area contributed by atoms with Crippen LogP contribution in [0.15, 0.2) is 52.5 Å². The zero-order valence-electron chi connectivity index (χ0n) is 10.0. The zero-order valence-corrected chi connectivity index (χ0v) is 11.6. The van der Waals surface area contributed by atoms with Crippen molar-refractivity contribution in [3.8, 4) is 5.75 Å². The SMILES string of the molecule is CC(C)=CCOc1ccc2ccccc2c1Br. The fourth-order valence-corrected chi connectivity index (χ4v) is 2.23. The third-order valence-electron chi connectivity index (χ3n) is 2.56. The molecule has 0 unspecified atom stereocenters. The van der Waals surface area contributed by atoms with Gasteiger partial charge in [-0.2, -0.15) is 0 Å². The zero-order chi connectivity index (χ0) is 12.3. The molecule has 0 aliphatic rings. The van der Waals surface area contributed by atoms with E-state index in [1.807, 2.05) is 18.2 Å². The van der Waals surface area contributed by atoms with E-state index in [9.17, 15) is 0 Å². The maximum absolute atomic E-state index is 5.73. The third kappa shape index (κ3) is 2.89. The van der Waals surface area contributed by atoms with Crippen LogP contribution in [-0.2, 0) is 0 Å². The summed E-state index contributed by atoms with van der Waals surface area (Å²) in [6, 6.07) is 12.3. The van der Waals surface area contributed by atoms with Gasteiger partial charge in [0.2, 0.25) is 0 Å². The second-order valence-corrected chi connectivity index (χ2v) is 4.98. The van der Waals surface area contributed by atoms with Gasteiger partial charge in [-0.15, -0.1) is 0 Å². The van der Waals surface area contributed by atoms with E-state index < -0.39 is 0 Å². The number of fused-ring (bicyclic) bond motifs is 1. The van der Waals surface area contributed by atoms with Crippen molar-refractivity contribution in [2.24, 2.45) is 0 Å². The second-order valence-electron chi connectivity index (χ2n) is 4.19. The lowest BCUT2D eigenvalue weighted by molar-refractivity contribution is 0.360. The molecule has 0 fully saturated rings. The normalized spacial score (nSPS) is 10.3. The molecule has 0 N–H and O–H groups in total. The van der Waals surface area contributed by atoms with Gasteiger partial charge in [-0.3, -0.25) is 0 Å². The molecule has 0 aliphatic heterocycles. The van der Waals surface area contributed by atoms with Crippen LogP contribution in [0.1, 0.15) is 13.8 Å². The second kappa shape index (κ2) is 5.37. The lowest BCUT2D eigenvalue weighted by atomic mass is 10.1. The van der Waals surface area contributed by atoms with Crippen molar-refractivity contribution < 1.29 is 4.74 Å². The number of hydrogen-bond acceptors (Lipinski definition) is 1. The Hall–Kier alpha value is -1.28. The Morgan fingerprint density at radius 1 is 1.18 bits per heavy atom. The summed E-state index contributed by atoms with van der Waals surface area (Å²) >= 11 is 3.60. The van der Waals surface area contributed by atoms with E-state index in [2.05, 4.69) is 54.1 Å². The molecule has 2 heteroatoms. The summed E-state index contributed by atoms with van der Waals surface area (Å²) in [7, 11) is 0. The van der Waals surface area contributed by atoms with Gasteiger partial charge in [-0.05, 0) is 52.7 Å². The summed E-state index contributed by atoms with van der Waals surface area (Å²) in [5, 5.41) is 2.40. The summed E-state index contributed by atoms with van der Waals surface area (Å²) in [5.41, 5.74) is 1.27. The van der Waals surface area contributed by atoms with Gasteiger partial charge in [0.25, 0.3) is 0 Å². The summed E-state index contributed by atoms with van der Waals surface area (Å²) in [4.78, 5) is 0. The molecular formula is C15H15BrO. The van der Waals surface area contributed by atoms with Crippen molar-refractivity contribution in [3.05, 3.63) is 52.5 Å². The highest BCUT2D eigenvalue weighted by molar-refractivity contribution is 9.10. The van der Waals surface area contributed by atoms with Crippen LogP contribution in [0, 0.1) is 0 Å². The Morgan fingerprint density at radius 3 is 2.71 bits per heavy atom. The molecule has 2 aromatic carbocycles. The van der Waals surface area contributed by atoms with Gasteiger partial charge in [0.1, 0.15) is 12.4 Å². The van der Waals surface area contributed by atoms with Crippen molar-refractivity contribution in [3.63, 3.8) is 0 Å². The first-order valence-electron chi connectivity index (χ1n) is 5.62. The fourth-order valence-electron chi connectivity index (χ4n) is 1.62. The molecular weight excluding hydrogens is 276 g/mol. The average molecular weight is 291 g/mol. The molecule has 0 amide bonds. The van der Waals surface area contributed by atoms with Crippen LogP contribution in [0.2, 0.25) is 0 Å². The molecule has 88 valence electrons. The van der Waals surface area contributed by atoms with E-state index in [0.717, 1.165) is 10.2 Å². The monoisotopic (exact) mass is 290 g/mol. The number of benzene rings is 2. The predicted molar refractivity (Wildman–Crippen MR) is 76.6 cm³/mol. The molecule has 0 atom stereocenters. The van der Waals surface area contributed by atoms with Crippen molar-refractivity contribution in [2.45, 2.75) is 13.8 Å². The Bertz CT molecular complexity index is 554. The number of rotatable bonds is 3. The highest BCUT2D eigenvalue weighted by Gasteiger charge is 2.04. The molecule has 0 saturated heterocycles. The molecule has 0 aliphatic carbocycles. The molecule has 1 nitrogen and oxygen atoms in total. The van der Waals surface area contributed by atoms with Gasteiger partial charge in [-0.25, -0.2) is 0 Å². The van der Waals surface area contributed by atoms with Crippen molar-refractivity contribution >= 4 is 26.7 Å². The van der Waals surface area contributed by atoms with E-state index in [4.69, 9.17) is 4.74 Å². The minimum atomic E-state index is 0.610. The van der Waals surface area contributed by atoms with Gasteiger partial charge in [0.05, 0.1) is 4.47 Å². The highest BCUT2D eigenvalue weighted by atomic mass is 79.9. The van der Waals surface area contributed by atoms with Crippen LogP contribution in [0.25, 0.3) is 10.8 Å². The largest absolute Gasteiger partial charge is 0.488 e. The highest BCUT2D eigenvalue weighted by Crippen LogP contribution is 2.32. The molecule has 0 bridgehead atoms. The number of allylic oxidation sites excluding steroid dienone is 1. The van der Waals surface area contributed by atoms with Crippen molar-refractivity contribution in [1.82, 2.24) is 0 Å². The van der Waals surface area contributed by atoms with Crippen molar-refractivity contribution in [2.75, 3.05) is 6.61 Å². The maximum Gasteiger partial charge on any atom is 0.134 e. The molecule has 0 saturated carbocycles. The summed E-state index contributed by atoms with van der Waals surface area (Å²) < 4.78 is 6.76. The molecule has 0 aromatic heterocycles. The van der Waals surface area contributed by atoms with Crippen LogP contribution in [-0.4, -0.2) is 6.61 Å². The molecule has 0 radical (unpaired) electrons. The summed E-state index contributed by atoms with van der Waals surface area (Å²) in [6.45, 7) is 4.75. The molecule has 2 rings (SSSR count). The van der Waals surface area contributed by atoms with Crippen LogP contribution in [0.3, 0.4) is 0 Å². The lowest BCUT2D eigenvalue weighted by Crippen LogP contribution is -1.95. The van der Waals surface area contributed by atoms with Gasteiger partial charge < -0.3 is 4.74 Å². The Kier molecular flexibility index (Phi) is 3.85. The van der Waals surface area contributed by atoms with Crippen LogP contribution >= 0.6 is 15.9 Å². The number of halogens is 1. The van der Waals surface area contributed by atoms with E-state index in [-0.39, 0.29) is 0 Å². The van der Waals surface area contributed by atoms with Gasteiger partial charge in [0, 0.05) is 0 Å². The number of hydrogen-bond donors (Lipinski definition) is 0. The first-order chi connectivity index (χ1) is 8.18. The van der Waals surface area contributed by atoms with Crippen LogP contribution in [0.4, 0.5) is 0 Å². The summed E-state index contributed by atoms with van der Waals surface area (Å²) in [5.74, 6) is 0.890. The molecule has 0 spiro atoms. The van der Waals surface area contributed by atoms with Crippen molar-refractivity contribution in [1.29, 1.82) is 0 Å². The van der Waals surface area contributed by atoms with Gasteiger partial charge in [0.15, 0.2) is 0 Å². The smallest absolute Gasteiger partial charge is 0.134 e. The fraction of sp³-hybridized carbons (Fsp3) is 0.200.